The van der Waals surface area contributed by atoms with Gasteiger partial charge in [-0.3, -0.25) is 0 Å². The van der Waals surface area contributed by atoms with E-state index in [1.165, 1.54) is 36.3 Å². The van der Waals surface area contributed by atoms with Gasteiger partial charge in [-0.05, 0) is 37.8 Å². The summed E-state index contributed by atoms with van der Waals surface area (Å²) in [4.78, 5) is 10.3. The van der Waals surface area contributed by atoms with Crippen LogP contribution in [0.15, 0.2) is 18.3 Å². The van der Waals surface area contributed by atoms with E-state index in [0.29, 0.717) is 5.82 Å². The number of aromatic nitrogens is 2. The van der Waals surface area contributed by atoms with Crippen molar-refractivity contribution in [2.75, 3.05) is 5.73 Å². The lowest BCUT2D eigenvalue weighted by Crippen LogP contribution is -1.93. The SMILES string of the molecule is Nc1ncccc1-c1nc2c(s1)CCCCC2. The van der Waals surface area contributed by atoms with Gasteiger partial charge in [0.25, 0.3) is 0 Å². The van der Waals surface area contributed by atoms with E-state index in [-0.39, 0.29) is 0 Å². The van der Waals surface area contributed by atoms with Crippen LogP contribution in [0.4, 0.5) is 5.82 Å². The number of fused-ring (bicyclic) bond motifs is 1. The second-order valence-electron chi connectivity index (χ2n) is 4.39. The van der Waals surface area contributed by atoms with E-state index in [9.17, 15) is 0 Å². The Morgan fingerprint density at radius 2 is 2.06 bits per heavy atom. The minimum Gasteiger partial charge on any atom is -0.383 e. The first-order chi connectivity index (χ1) is 8.34. The molecule has 2 N–H and O–H groups in total. The first-order valence-corrected chi connectivity index (χ1v) is 6.85. The van der Waals surface area contributed by atoms with Crippen molar-refractivity contribution in [1.29, 1.82) is 0 Å². The standard InChI is InChI=1S/C13H15N3S/c14-12-9(5-4-8-15-12)13-16-10-6-2-1-3-7-11(10)17-13/h4-5,8H,1-3,6-7H2,(H2,14,15). The number of rotatable bonds is 1. The van der Waals surface area contributed by atoms with Gasteiger partial charge in [-0.25, -0.2) is 9.97 Å². The van der Waals surface area contributed by atoms with Gasteiger partial charge in [0.15, 0.2) is 0 Å². The minimum atomic E-state index is 0.580. The second-order valence-corrected chi connectivity index (χ2v) is 5.47. The number of hydrogen-bond donors (Lipinski definition) is 1. The Morgan fingerprint density at radius 1 is 1.18 bits per heavy atom. The normalized spacial score (nSPS) is 15.3. The Morgan fingerprint density at radius 3 is 2.94 bits per heavy atom. The highest BCUT2D eigenvalue weighted by Gasteiger charge is 2.16. The lowest BCUT2D eigenvalue weighted by Gasteiger charge is -1.99. The van der Waals surface area contributed by atoms with Gasteiger partial charge in [-0.2, -0.15) is 0 Å². The molecule has 0 spiro atoms. The maximum Gasteiger partial charge on any atom is 0.133 e. The van der Waals surface area contributed by atoms with Crippen molar-refractivity contribution in [3.05, 3.63) is 28.9 Å². The minimum absolute atomic E-state index is 0.580. The molecule has 3 rings (SSSR count). The lowest BCUT2D eigenvalue weighted by atomic mass is 10.2. The van der Waals surface area contributed by atoms with Crippen molar-refractivity contribution in [1.82, 2.24) is 9.97 Å². The average Bonchev–Trinajstić information content (AvgIpc) is 2.61. The molecular formula is C13H15N3S. The quantitative estimate of drug-likeness (QED) is 0.786. The summed E-state index contributed by atoms with van der Waals surface area (Å²) in [6.07, 6.45) is 7.89. The first-order valence-electron chi connectivity index (χ1n) is 6.04. The summed E-state index contributed by atoms with van der Waals surface area (Å²) in [6.45, 7) is 0. The zero-order chi connectivity index (χ0) is 11.7. The molecule has 17 heavy (non-hydrogen) atoms. The maximum atomic E-state index is 5.90. The Bertz CT molecular complexity index is 510. The molecule has 0 atom stereocenters. The zero-order valence-corrected chi connectivity index (χ0v) is 10.5. The monoisotopic (exact) mass is 245 g/mol. The Labute approximate surface area is 105 Å². The smallest absolute Gasteiger partial charge is 0.133 e. The van der Waals surface area contributed by atoms with E-state index in [0.717, 1.165) is 17.0 Å². The van der Waals surface area contributed by atoms with Gasteiger partial charge in [-0.15, -0.1) is 11.3 Å². The van der Waals surface area contributed by atoms with Gasteiger partial charge < -0.3 is 5.73 Å². The van der Waals surface area contributed by atoms with Crippen molar-refractivity contribution in [2.45, 2.75) is 32.1 Å². The van der Waals surface area contributed by atoms with Crippen LogP contribution in [0.5, 0.6) is 0 Å². The Hall–Kier alpha value is -1.42. The second kappa shape index (κ2) is 4.45. The molecule has 2 aromatic heterocycles. The van der Waals surface area contributed by atoms with Crippen molar-refractivity contribution in [2.24, 2.45) is 0 Å². The van der Waals surface area contributed by atoms with Gasteiger partial charge in [0, 0.05) is 11.1 Å². The van der Waals surface area contributed by atoms with Gasteiger partial charge in [-0.1, -0.05) is 6.42 Å². The summed E-state index contributed by atoms with van der Waals surface area (Å²) in [5.74, 6) is 0.580. The number of thiazole rings is 1. The number of nitrogens with zero attached hydrogens (tertiary/aromatic N) is 2. The third-order valence-corrected chi connectivity index (χ3v) is 4.36. The summed E-state index contributed by atoms with van der Waals surface area (Å²) in [6, 6.07) is 3.92. The summed E-state index contributed by atoms with van der Waals surface area (Å²) in [5, 5.41) is 1.03. The molecule has 0 aliphatic heterocycles. The Balaban J connectivity index is 2.02. The van der Waals surface area contributed by atoms with Crippen LogP contribution in [0.25, 0.3) is 10.6 Å². The molecule has 2 heterocycles. The fraction of sp³-hybridized carbons (Fsp3) is 0.385. The van der Waals surface area contributed by atoms with E-state index < -0.39 is 0 Å². The van der Waals surface area contributed by atoms with Crippen molar-refractivity contribution >= 4 is 17.2 Å². The highest BCUT2D eigenvalue weighted by atomic mass is 32.1. The van der Waals surface area contributed by atoms with Crippen LogP contribution >= 0.6 is 11.3 Å². The van der Waals surface area contributed by atoms with E-state index in [1.807, 2.05) is 12.1 Å². The van der Waals surface area contributed by atoms with Gasteiger partial charge >= 0.3 is 0 Å². The van der Waals surface area contributed by atoms with Crippen LogP contribution in [0.2, 0.25) is 0 Å². The average molecular weight is 245 g/mol. The van der Waals surface area contributed by atoms with Crippen LogP contribution in [-0.2, 0) is 12.8 Å². The molecule has 0 aromatic carbocycles. The molecule has 0 fully saturated rings. The molecular weight excluding hydrogens is 230 g/mol. The molecule has 0 bridgehead atoms. The molecule has 0 saturated carbocycles. The number of aryl methyl sites for hydroxylation is 2. The van der Waals surface area contributed by atoms with Crippen LogP contribution in [0, 0.1) is 0 Å². The van der Waals surface area contributed by atoms with Crippen molar-refractivity contribution < 1.29 is 0 Å². The van der Waals surface area contributed by atoms with Gasteiger partial charge in [0.05, 0.1) is 11.3 Å². The van der Waals surface area contributed by atoms with Gasteiger partial charge in [0.1, 0.15) is 10.8 Å². The third kappa shape index (κ3) is 2.05. The van der Waals surface area contributed by atoms with Crippen molar-refractivity contribution in [3.63, 3.8) is 0 Å². The molecule has 1 aliphatic rings. The lowest BCUT2D eigenvalue weighted by molar-refractivity contribution is 0.709. The molecule has 88 valence electrons. The number of nitrogens with two attached hydrogens (primary N) is 1. The zero-order valence-electron chi connectivity index (χ0n) is 9.65. The predicted octanol–water partition coefficient (Wildman–Crippen LogP) is 3.06. The number of hydrogen-bond acceptors (Lipinski definition) is 4. The molecule has 0 unspecified atom stereocenters. The van der Waals surface area contributed by atoms with Crippen LogP contribution in [0.1, 0.15) is 29.8 Å². The van der Waals surface area contributed by atoms with Crippen molar-refractivity contribution in [3.8, 4) is 10.6 Å². The van der Waals surface area contributed by atoms with E-state index in [1.54, 1.807) is 17.5 Å². The summed E-state index contributed by atoms with van der Waals surface area (Å²) in [7, 11) is 0. The molecule has 4 heteroatoms. The summed E-state index contributed by atoms with van der Waals surface area (Å²) >= 11 is 1.78. The van der Waals surface area contributed by atoms with E-state index in [4.69, 9.17) is 10.7 Å². The molecule has 0 saturated heterocycles. The third-order valence-electron chi connectivity index (χ3n) is 3.16. The molecule has 2 aromatic rings. The van der Waals surface area contributed by atoms with Crippen LogP contribution in [0.3, 0.4) is 0 Å². The largest absolute Gasteiger partial charge is 0.383 e. The highest BCUT2D eigenvalue weighted by molar-refractivity contribution is 7.15. The number of anilines is 1. The first kappa shape index (κ1) is 10.7. The van der Waals surface area contributed by atoms with E-state index in [2.05, 4.69) is 4.98 Å². The fourth-order valence-corrected chi connectivity index (χ4v) is 3.43. The number of pyridine rings is 1. The Kier molecular flexibility index (Phi) is 2.81. The molecule has 0 radical (unpaired) electrons. The molecule has 3 nitrogen and oxygen atoms in total. The van der Waals surface area contributed by atoms with E-state index >= 15 is 0 Å². The molecule has 0 amide bonds. The predicted molar refractivity (Wildman–Crippen MR) is 71.0 cm³/mol. The summed E-state index contributed by atoms with van der Waals surface area (Å²) < 4.78 is 0. The molecule has 1 aliphatic carbocycles. The topological polar surface area (TPSA) is 51.8 Å². The summed E-state index contributed by atoms with van der Waals surface area (Å²) in [5.41, 5.74) is 8.16. The highest BCUT2D eigenvalue weighted by Crippen LogP contribution is 2.33. The fourth-order valence-electron chi connectivity index (χ4n) is 2.24. The maximum absolute atomic E-state index is 5.90. The van der Waals surface area contributed by atoms with Crippen LogP contribution in [-0.4, -0.2) is 9.97 Å². The number of nitrogen functional groups attached to an aromatic ring is 1. The van der Waals surface area contributed by atoms with Gasteiger partial charge in [0.2, 0.25) is 0 Å². The van der Waals surface area contributed by atoms with Crippen LogP contribution < -0.4 is 5.73 Å².